The molecular weight excluding hydrogens is 358 g/mol. The number of carbonyl (C=O) groups excluding carboxylic acids is 1. The highest BCUT2D eigenvalue weighted by molar-refractivity contribution is 5.95. The van der Waals surface area contributed by atoms with Gasteiger partial charge in [0.2, 0.25) is 5.88 Å². The third-order valence-corrected chi connectivity index (χ3v) is 4.15. The lowest BCUT2D eigenvalue weighted by Gasteiger charge is -2.09. The summed E-state index contributed by atoms with van der Waals surface area (Å²) in [5, 5.41) is 15.2. The fraction of sp³-hybridized carbons (Fsp3) is 0.300. The van der Waals surface area contributed by atoms with Crippen LogP contribution in [0.3, 0.4) is 0 Å². The summed E-state index contributed by atoms with van der Waals surface area (Å²) in [5.74, 6) is 1.53. The third kappa shape index (κ3) is 4.46. The molecule has 0 aliphatic carbocycles. The fourth-order valence-corrected chi connectivity index (χ4v) is 2.77. The third-order valence-electron chi connectivity index (χ3n) is 4.15. The molecule has 0 aliphatic heterocycles. The maximum Gasteiger partial charge on any atom is 0.254 e. The highest BCUT2D eigenvalue weighted by Gasteiger charge is 2.17. The first-order valence-corrected chi connectivity index (χ1v) is 9.05. The summed E-state index contributed by atoms with van der Waals surface area (Å²) in [7, 11) is 1.53. The van der Waals surface area contributed by atoms with Crippen LogP contribution in [0.4, 0.5) is 0 Å². The monoisotopic (exact) mass is 381 g/mol. The molecule has 8 nitrogen and oxygen atoms in total. The molecule has 0 saturated carbocycles. The van der Waals surface area contributed by atoms with Crippen LogP contribution in [0.2, 0.25) is 0 Å². The SMILES string of the molecule is CCc1c(C(=O)NCCOc2cccc(C)c2)cnn1-c1ccc(OC)nn1. The Bertz CT molecular complexity index is 937. The van der Waals surface area contributed by atoms with Gasteiger partial charge in [-0.25, -0.2) is 4.68 Å². The second kappa shape index (κ2) is 8.98. The van der Waals surface area contributed by atoms with Crippen LogP contribution >= 0.6 is 0 Å². The van der Waals surface area contributed by atoms with Crippen molar-refractivity contribution in [2.24, 2.45) is 0 Å². The van der Waals surface area contributed by atoms with E-state index < -0.39 is 0 Å². The minimum Gasteiger partial charge on any atom is -0.492 e. The molecule has 0 fully saturated rings. The van der Waals surface area contributed by atoms with Crippen LogP contribution in [0.15, 0.2) is 42.6 Å². The lowest BCUT2D eigenvalue weighted by molar-refractivity contribution is 0.0946. The Balaban J connectivity index is 1.62. The first kappa shape index (κ1) is 19.3. The predicted octanol–water partition coefficient (Wildman–Crippen LogP) is 2.35. The lowest BCUT2D eigenvalue weighted by Crippen LogP contribution is -2.28. The van der Waals surface area contributed by atoms with Crippen LogP contribution < -0.4 is 14.8 Å². The van der Waals surface area contributed by atoms with E-state index in [0.717, 1.165) is 17.0 Å². The van der Waals surface area contributed by atoms with Gasteiger partial charge in [-0.15, -0.1) is 10.2 Å². The van der Waals surface area contributed by atoms with Gasteiger partial charge in [0.25, 0.3) is 5.91 Å². The van der Waals surface area contributed by atoms with Gasteiger partial charge in [0, 0.05) is 6.07 Å². The molecule has 0 saturated heterocycles. The number of hydrogen-bond acceptors (Lipinski definition) is 6. The Hall–Kier alpha value is -3.42. The molecule has 8 heteroatoms. The van der Waals surface area contributed by atoms with Gasteiger partial charge < -0.3 is 14.8 Å². The summed E-state index contributed by atoms with van der Waals surface area (Å²) in [4.78, 5) is 12.6. The molecule has 1 amide bonds. The average Bonchev–Trinajstić information content (AvgIpc) is 3.15. The zero-order valence-electron chi connectivity index (χ0n) is 16.2. The first-order valence-electron chi connectivity index (χ1n) is 9.05. The molecule has 2 heterocycles. The molecule has 3 aromatic rings. The van der Waals surface area contributed by atoms with Gasteiger partial charge in [0.05, 0.1) is 31.1 Å². The van der Waals surface area contributed by atoms with E-state index in [1.54, 1.807) is 23.0 Å². The van der Waals surface area contributed by atoms with E-state index in [9.17, 15) is 4.79 Å². The minimum absolute atomic E-state index is 0.197. The number of carbonyl (C=O) groups is 1. The summed E-state index contributed by atoms with van der Waals surface area (Å²) >= 11 is 0. The van der Waals surface area contributed by atoms with Crippen LogP contribution in [0.1, 0.15) is 28.5 Å². The van der Waals surface area contributed by atoms with E-state index in [1.807, 2.05) is 38.1 Å². The quantitative estimate of drug-likeness (QED) is 0.602. The molecule has 1 aromatic carbocycles. The smallest absolute Gasteiger partial charge is 0.254 e. The largest absolute Gasteiger partial charge is 0.492 e. The highest BCUT2D eigenvalue weighted by Crippen LogP contribution is 2.15. The second-order valence-corrected chi connectivity index (χ2v) is 6.13. The Morgan fingerprint density at radius 3 is 2.75 bits per heavy atom. The number of methoxy groups -OCH3 is 1. The highest BCUT2D eigenvalue weighted by atomic mass is 16.5. The molecular formula is C20H23N5O3. The molecule has 0 radical (unpaired) electrons. The topological polar surface area (TPSA) is 91.2 Å². The standard InChI is InChI=1S/C20H23N5O3/c1-4-17-16(13-22-25(17)18-8-9-19(27-3)24-23-18)20(26)21-10-11-28-15-7-5-6-14(2)12-15/h5-9,12-13H,4,10-11H2,1-3H3,(H,21,26). The Morgan fingerprint density at radius 2 is 2.07 bits per heavy atom. The molecule has 3 rings (SSSR count). The van der Waals surface area contributed by atoms with Gasteiger partial charge in [-0.1, -0.05) is 19.1 Å². The van der Waals surface area contributed by atoms with E-state index in [2.05, 4.69) is 20.6 Å². The van der Waals surface area contributed by atoms with Crippen LogP contribution in [0, 0.1) is 6.92 Å². The van der Waals surface area contributed by atoms with Gasteiger partial charge in [0.1, 0.15) is 12.4 Å². The molecule has 1 N–H and O–H groups in total. The zero-order chi connectivity index (χ0) is 19.9. The number of nitrogens with zero attached hydrogens (tertiary/aromatic N) is 4. The van der Waals surface area contributed by atoms with E-state index in [4.69, 9.17) is 9.47 Å². The number of benzene rings is 1. The minimum atomic E-state index is -0.197. The molecule has 2 aromatic heterocycles. The number of amides is 1. The predicted molar refractivity (Wildman–Crippen MR) is 104 cm³/mol. The second-order valence-electron chi connectivity index (χ2n) is 6.13. The Morgan fingerprint density at radius 1 is 1.21 bits per heavy atom. The summed E-state index contributed by atoms with van der Waals surface area (Å²) in [6.45, 7) is 4.74. The molecule has 0 atom stereocenters. The molecule has 0 aliphatic rings. The van der Waals surface area contributed by atoms with Crippen molar-refractivity contribution < 1.29 is 14.3 Å². The zero-order valence-corrected chi connectivity index (χ0v) is 16.2. The number of nitrogens with one attached hydrogen (secondary N) is 1. The molecule has 28 heavy (non-hydrogen) atoms. The van der Waals surface area contributed by atoms with Crippen LogP contribution in [-0.4, -0.2) is 46.1 Å². The number of ether oxygens (including phenoxy) is 2. The summed E-state index contributed by atoms with van der Waals surface area (Å²) in [5.41, 5.74) is 2.40. The van der Waals surface area contributed by atoms with Crippen molar-refractivity contribution in [1.82, 2.24) is 25.3 Å². The van der Waals surface area contributed by atoms with Crippen molar-refractivity contribution in [2.45, 2.75) is 20.3 Å². The summed E-state index contributed by atoms with van der Waals surface area (Å²) in [6, 6.07) is 11.2. The molecule has 0 spiro atoms. The normalized spacial score (nSPS) is 10.5. The van der Waals surface area contributed by atoms with Crippen LogP contribution in [0.5, 0.6) is 11.6 Å². The van der Waals surface area contributed by atoms with Crippen molar-refractivity contribution in [3.05, 3.63) is 59.4 Å². The fourth-order valence-electron chi connectivity index (χ4n) is 2.77. The van der Waals surface area contributed by atoms with E-state index in [-0.39, 0.29) is 5.91 Å². The maximum absolute atomic E-state index is 12.6. The first-order chi connectivity index (χ1) is 13.6. The van der Waals surface area contributed by atoms with Crippen LogP contribution in [-0.2, 0) is 6.42 Å². The van der Waals surface area contributed by atoms with Gasteiger partial charge in [0.15, 0.2) is 5.82 Å². The van der Waals surface area contributed by atoms with Crippen molar-refractivity contribution in [3.8, 4) is 17.4 Å². The van der Waals surface area contributed by atoms with Crippen molar-refractivity contribution >= 4 is 5.91 Å². The maximum atomic E-state index is 12.6. The number of aromatic nitrogens is 4. The van der Waals surface area contributed by atoms with E-state index in [0.29, 0.717) is 36.8 Å². The van der Waals surface area contributed by atoms with Gasteiger partial charge >= 0.3 is 0 Å². The number of hydrogen-bond donors (Lipinski definition) is 1. The molecule has 0 bridgehead atoms. The van der Waals surface area contributed by atoms with E-state index >= 15 is 0 Å². The lowest BCUT2D eigenvalue weighted by atomic mass is 10.2. The van der Waals surface area contributed by atoms with Gasteiger partial charge in [-0.05, 0) is 37.1 Å². The van der Waals surface area contributed by atoms with Crippen molar-refractivity contribution in [2.75, 3.05) is 20.3 Å². The Labute approximate surface area is 163 Å². The number of rotatable bonds is 8. The van der Waals surface area contributed by atoms with Gasteiger partial charge in [-0.3, -0.25) is 4.79 Å². The van der Waals surface area contributed by atoms with Crippen LogP contribution in [0.25, 0.3) is 5.82 Å². The van der Waals surface area contributed by atoms with Crippen molar-refractivity contribution in [1.29, 1.82) is 0 Å². The average molecular weight is 381 g/mol. The Kier molecular flexibility index (Phi) is 6.21. The molecule has 0 unspecified atom stereocenters. The number of aryl methyl sites for hydroxylation is 1. The molecule has 146 valence electrons. The van der Waals surface area contributed by atoms with Crippen molar-refractivity contribution in [3.63, 3.8) is 0 Å². The van der Waals surface area contributed by atoms with Gasteiger partial charge in [-0.2, -0.15) is 5.10 Å². The summed E-state index contributed by atoms with van der Waals surface area (Å²) in [6.07, 6.45) is 2.16. The van der Waals surface area contributed by atoms with E-state index in [1.165, 1.54) is 7.11 Å². The summed E-state index contributed by atoms with van der Waals surface area (Å²) < 4.78 is 12.3.